The van der Waals surface area contributed by atoms with Gasteiger partial charge >= 0.3 is 0 Å². The maximum atomic E-state index is 13.0. The molecular formula is C15H12ClF2NO2. The Hall–Kier alpha value is -2.14. The number of nitrogens with one attached hydrogen (secondary N) is 1. The van der Waals surface area contributed by atoms with Crippen molar-refractivity contribution in [3.05, 3.63) is 58.6 Å². The van der Waals surface area contributed by atoms with Crippen LogP contribution in [0.5, 0.6) is 5.75 Å². The van der Waals surface area contributed by atoms with E-state index in [-0.39, 0.29) is 12.3 Å². The molecule has 0 atom stereocenters. The molecule has 0 saturated heterocycles. The molecule has 2 aromatic rings. The largest absolute Gasteiger partial charge is 0.484 e. The number of rotatable bonds is 4. The van der Waals surface area contributed by atoms with Gasteiger partial charge in [0.2, 0.25) is 0 Å². The van der Waals surface area contributed by atoms with Crippen LogP contribution >= 0.6 is 11.6 Å². The number of aryl methyl sites for hydroxylation is 1. The topological polar surface area (TPSA) is 38.3 Å². The van der Waals surface area contributed by atoms with E-state index in [9.17, 15) is 13.6 Å². The maximum absolute atomic E-state index is 13.0. The molecule has 0 aliphatic heterocycles. The normalized spacial score (nSPS) is 10.3. The van der Waals surface area contributed by atoms with Crippen molar-refractivity contribution in [2.45, 2.75) is 6.92 Å². The molecule has 21 heavy (non-hydrogen) atoms. The molecule has 2 aromatic carbocycles. The molecule has 0 radical (unpaired) electrons. The summed E-state index contributed by atoms with van der Waals surface area (Å²) in [6.07, 6.45) is 0. The van der Waals surface area contributed by atoms with E-state index in [4.69, 9.17) is 16.3 Å². The fourth-order valence-corrected chi connectivity index (χ4v) is 1.80. The van der Waals surface area contributed by atoms with Crippen molar-refractivity contribution in [3.8, 4) is 5.75 Å². The lowest BCUT2D eigenvalue weighted by atomic mass is 10.2. The smallest absolute Gasteiger partial charge is 0.262 e. The minimum atomic E-state index is -0.764. The Bertz CT molecular complexity index is 656. The predicted octanol–water partition coefficient (Wildman–Crippen LogP) is 3.94. The van der Waals surface area contributed by atoms with Gasteiger partial charge in [0.25, 0.3) is 5.91 Å². The molecule has 0 fully saturated rings. The number of amides is 1. The average molecular weight is 312 g/mol. The van der Waals surface area contributed by atoms with Crippen LogP contribution in [0.15, 0.2) is 36.4 Å². The van der Waals surface area contributed by atoms with E-state index in [2.05, 4.69) is 5.32 Å². The predicted molar refractivity (Wildman–Crippen MR) is 76.7 cm³/mol. The molecule has 0 bridgehead atoms. The second-order valence-corrected chi connectivity index (χ2v) is 4.81. The highest BCUT2D eigenvalue weighted by atomic mass is 35.5. The first-order valence-electron chi connectivity index (χ1n) is 6.09. The van der Waals surface area contributed by atoms with Crippen molar-refractivity contribution in [2.75, 3.05) is 11.9 Å². The Morgan fingerprint density at radius 3 is 2.48 bits per heavy atom. The van der Waals surface area contributed by atoms with Crippen molar-refractivity contribution in [1.29, 1.82) is 0 Å². The molecule has 110 valence electrons. The number of halogens is 3. The Morgan fingerprint density at radius 1 is 1.19 bits per heavy atom. The van der Waals surface area contributed by atoms with Gasteiger partial charge in [-0.25, -0.2) is 8.78 Å². The van der Waals surface area contributed by atoms with Gasteiger partial charge < -0.3 is 10.1 Å². The molecule has 1 amide bonds. The monoisotopic (exact) mass is 311 g/mol. The number of carbonyl (C=O) groups excluding carboxylic acids is 1. The molecule has 0 unspecified atom stereocenters. The fourth-order valence-electron chi connectivity index (χ4n) is 1.68. The van der Waals surface area contributed by atoms with Crippen LogP contribution in [0.1, 0.15) is 5.56 Å². The van der Waals surface area contributed by atoms with Crippen molar-refractivity contribution >= 4 is 23.2 Å². The lowest BCUT2D eigenvalue weighted by molar-refractivity contribution is -0.118. The molecule has 3 nitrogen and oxygen atoms in total. The zero-order chi connectivity index (χ0) is 15.4. The highest BCUT2D eigenvalue weighted by molar-refractivity contribution is 6.31. The van der Waals surface area contributed by atoms with E-state index >= 15 is 0 Å². The Kier molecular flexibility index (Phi) is 4.75. The summed E-state index contributed by atoms with van der Waals surface area (Å²) in [6.45, 7) is 1.53. The Morgan fingerprint density at radius 2 is 1.86 bits per heavy atom. The molecule has 6 heteroatoms. The molecule has 0 saturated carbocycles. The molecule has 0 spiro atoms. The zero-order valence-electron chi connectivity index (χ0n) is 11.1. The highest BCUT2D eigenvalue weighted by Gasteiger charge is 2.07. The van der Waals surface area contributed by atoms with Gasteiger partial charge in [-0.15, -0.1) is 0 Å². The molecule has 2 rings (SSSR count). The summed E-state index contributed by atoms with van der Waals surface area (Å²) >= 11 is 5.87. The first-order chi connectivity index (χ1) is 9.94. The van der Waals surface area contributed by atoms with Crippen LogP contribution in [0.25, 0.3) is 0 Å². The van der Waals surface area contributed by atoms with Crippen LogP contribution in [0, 0.1) is 18.6 Å². The van der Waals surface area contributed by atoms with Crippen molar-refractivity contribution in [3.63, 3.8) is 0 Å². The summed E-state index contributed by atoms with van der Waals surface area (Å²) in [7, 11) is 0. The summed E-state index contributed by atoms with van der Waals surface area (Å²) in [5.74, 6) is -1.57. The van der Waals surface area contributed by atoms with Gasteiger partial charge in [0.05, 0.1) is 0 Å². The van der Waals surface area contributed by atoms with Crippen molar-refractivity contribution < 1.29 is 18.3 Å². The van der Waals surface area contributed by atoms with E-state index < -0.39 is 17.5 Å². The van der Waals surface area contributed by atoms with Crippen molar-refractivity contribution in [2.24, 2.45) is 0 Å². The molecular weight excluding hydrogens is 300 g/mol. The average Bonchev–Trinajstić information content (AvgIpc) is 2.39. The maximum Gasteiger partial charge on any atom is 0.262 e. The molecule has 0 heterocycles. The standard InChI is InChI=1S/C15H12ClF2NO2/c1-9-4-13(2-3-14(9)16)21-8-15(20)19-12-6-10(17)5-11(18)7-12/h2-7H,8H2,1H3,(H,19,20). The Balaban J connectivity index is 1.94. The lowest BCUT2D eigenvalue weighted by Gasteiger charge is -2.09. The van der Waals surface area contributed by atoms with Gasteiger partial charge in [-0.3, -0.25) is 4.79 Å². The number of carbonyl (C=O) groups is 1. The van der Waals surface area contributed by atoms with Gasteiger partial charge in [0.1, 0.15) is 17.4 Å². The number of benzene rings is 2. The number of hydrogen-bond acceptors (Lipinski definition) is 2. The number of ether oxygens (including phenoxy) is 1. The molecule has 0 aliphatic rings. The van der Waals surface area contributed by atoms with Crippen LogP contribution in [0.3, 0.4) is 0 Å². The van der Waals surface area contributed by atoms with E-state index in [1.54, 1.807) is 18.2 Å². The minimum absolute atomic E-state index is 0.0355. The van der Waals surface area contributed by atoms with Crippen LogP contribution in [0.2, 0.25) is 5.02 Å². The van der Waals surface area contributed by atoms with Crippen LogP contribution < -0.4 is 10.1 Å². The SMILES string of the molecule is Cc1cc(OCC(=O)Nc2cc(F)cc(F)c2)ccc1Cl. The first-order valence-corrected chi connectivity index (χ1v) is 6.47. The van der Waals surface area contributed by atoms with Gasteiger partial charge in [-0.05, 0) is 42.8 Å². The molecule has 1 N–H and O–H groups in total. The third-order valence-electron chi connectivity index (χ3n) is 2.65. The van der Waals surface area contributed by atoms with Crippen LogP contribution in [-0.4, -0.2) is 12.5 Å². The van der Waals surface area contributed by atoms with Gasteiger partial charge in [-0.1, -0.05) is 11.6 Å². The Labute approximate surface area is 125 Å². The summed E-state index contributed by atoms with van der Waals surface area (Å²) < 4.78 is 31.2. The molecule has 0 aliphatic carbocycles. The van der Waals surface area contributed by atoms with Gasteiger partial charge in [-0.2, -0.15) is 0 Å². The second-order valence-electron chi connectivity index (χ2n) is 4.41. The number of anilines is 1. The van der Waals surface area contributed by atoms with Crippen LogP contribution in [0.4, 0.5) is 14.5 Å². The van der Waals surface area contributed by atoms with Gasteiger partial charge in [0, 0.05) is 16.8 Å². The van der Waals surface area contributed by atoms with E-state index in [0.717, 1.165) is 23.8 Å². The second kappa shape index (κ2) is 6.54. The fraction of sp³-hybridized carbons (Fsp3) is 0.133. The third kappa shape index (κ3) is 4.43. The quantitative estimate of drug-likeness (QED) is 0.928. The summed E-state index contributed by atoms with van der Waals surface area (Å²) in [6, 6.07) is 7.75. The number of hydrogen-bond donors (Lipinski definition) is 1. The van der Waals surface area contributed by atoms with Crippen molar-refractivity contribution in [1.82, 2.24) is 0 Å². The van der Waals surface area contributed by atoms with Gasteiger partial charge in [0.15, 0.2) is 6.61 Å². The van der Waals surface area contributed by atoms with E-state index in [1.165, 1.54) is 0 Å². The third-order valence-corrected chi connectivity index (χ3v) is 3.07. The minimum Gasteiger partial charge on any atom is -0.484 e. The summed E-state index contributed by atoms with van der Waals surface area (Å²) in [4.78, 5) is 11.7. The van der Waals surface area contributed by atoms with E-state index in [1.807, 2.05) is 6.92 Å². The summed E-state index contributed by atoms with van der Waals surface area (Å²) in [5.41, 5.74) is 0.857. The molecule has 0 aromatic heterocycles. The highest BCUT2D eigenvalue weighted by Crippen LogP contribution is 2.21. The van der Waals surface area contributed by atoms with Crippen LogP contribution in [-0.2, 0) is 4.79 Å². The first kappa shape index (κ1) is 15.3. The zero-order valence-corrected chi connectivity index (χ0v) is 11.9. The summed E-state index contributed by atoms with van der Waals surface area (Å²) in [5, 5.41) is 2.95. The van der Waals surface area contributed by atoms with E-state index in [0.29, 0.717) is 10.8 Å². The lowest BCUT2D eigenvalue weighted by Crippen LogP contribution is -2.20.